The number of phenols is 1. The maximum absolute atomic E-state index is 9.79. The van der Waals surface area contributed by atoms with Gasteiger partial charge in [0, 0.05) is 21.1 Å². The predicted molar refractivity (Wildman–Crippen MR) is 33.6 cm³/mol. The zero-order valence-electron chi connectivity index (χ0n) is 5.02. The molecule has 0 heterocycles. The summed E-state index contributed by atoms with van der Waals surface area (Å²) >= 11 is 0. The van der Waals surface area contributed by atoms with E-state index in [9.17, 15) is 4.91 Å². The van der Waals surface area contributed by atoms with Crippen LogP contribution >= 0.6 is 0 Å². The maximum Gasteiger partial charge on any atom is 0.115 e. The molecular formula is C6H5NO2W. The summed E-state index contributed by atoms with van der Waals surface area (Å²) in [6.07, 6.45) is 0. The third-order valence-corrected chi connectivity index (χ3v) is 0.955. The van der Waals surface area contributed by atoms with Crippen LogP contribution < -0.4 is 0 Å². The minimum absolute atomic E-state index is 0. The molecule has 1 aromatic rings. The van der Waals surface area contributed by atoms with Crippen molar-refractivity contribution in [2.75, 3.05) is 0 Å². The third-order valence-electron chi connectivity index (χ3n) is 0.955. The standard InChI is InChI=1S/C6H5NO2.W/c8-6-3-1-5(7-9)2-4-6;/h1-4,8H;. The number of rotatable bonds is 1. The average Bonchev–Trinajstić information content (AvgIpc) is 1.90. The van der Waals surface area contributed by atoms with E-state index in [0.717, 1.165) is 0 Å². The van der Waals surface area contributed by atoms with Crippen LogP contribution in [0.2, 0.25) is 0 Å². The van der Waals surface area contributed by atoms with Crippen LogP contribution in [-0.4, -0.2) is 5.11 Å². The summed E-state index contributed by atoms with van der Waals surface area (Å²) in [5.74, 6) is 0.141. The molecule has 0 fully saturated rings. The third kappa shape index (κ3) is 2.27. The monoisotopic (exact) mass is 307 g/mol. The number of phenolic OH excluding ortho intramolecular Hbond substituents is 1. The SMILES string of the molecule is O=Nc1ccc(O)cc1.[W]. The molecule has 0 atom stereocenters. The van der Waals surface area contributed by atoms with Crippen LogP contribution in [0.25, 0.3) is 0 Å². The Morgan fingerprint density at radius 1 is 1.20 bits per heavy atom. The van der Waals surface area contributed by atoms with E-state index in [1.54, 1.807) is 0 Å². The van der Waals surface area contributed by atoms with E-state index in [-0.39, 0.29) is 26.8 Å². The van der Waals surface area contributed by atoms with E-state index >= 15 is 0 Å². The van der Waals surface area contributed by atoms with Crippen molar-refractivity contribution in [3.8, 4) is 5.75 Å². The van der Waals surface area contributed by atoms with Gasteiger partial charge in [0.2, 0.25) is 0 Å². The Hall–Kier alpha value is -0.692. The smallest absolute Gasteiger partial charge is 0.115 e. The molecule has 0 aliphatic rings. The van der Waals surface area contributed by atoms with Crippen molar-refractivity contribution >= 4 is 5.69 Å². The molecule has 0 unspecified atom stereocenters. The van der Waals surface area contributed by atoms with Gasteiger partial charge in [0.25, 0.3) is 0 Å². The van der Waals surface area contributed by atoms with Gasteiger partial charge in [0.1, 0.15) is 11.4 Å². The quantitative estimate of drug-likeness (QED) is 0.804. The molecule has 0 aliphatic carbocycles. The first-order chi connectivity index (χ1) is 4.33. The molecule has 10 heavy (non-hydrogen) atoms. The van der Waals surface area contributed by atoms with Crippen molar-refractivity contribution < 1.29 is 26.2 Å². The second kappa shape index (κ2) is 4.18. The van der Waals surface area contributed by atoms with E-state index in [0.29, 0.717) is 5.69 Å². The van der Waals surface area contributed by atoms with Crippen molar-refractivity contribution in [2.24, 2.45) is 5.18 Å². The Morgan fingerprint density at radius 3 is 2.10 bits per heavy atom. The number of hydrogen-bond acceptors (Lipinski definition) is 3. The summed E-state index contributed by atoms with van der Waals surface area (Å²) < 4.78 is 0. The first kappa shape index (κ1) is 9.31. The van der Waals surface area contributed by atoms with Crippen molar-refractivity contribution in [1.82, 2.24) is 0 Å². The minimum atomic E-state index is 0. The molecule has 52 valence electrons. The van der Waals surface area contributed by atoms with Gasteiger partial charge in [-0.1, -0.05) is 0 Å². The Balaban J connectivity index is 0.000000810. The van der Waals surface area contributed by atoms with Gasteiger partial charge in [-0.3, -0.25) is 0 Å². The topological polar surface area (TPSA) is 49.7 Å². The Labute approximate surface area is 72.3 Å². The summed E-state index contributed by atoms with van der Waals surface area (Å²) in [6, 6.07) is 5.72. The fourth-order valence-corrected chi connectivity index (χ4v) is 0.513. The van der Waals surface area contributed by atoms with Crippen LogP contribution in [0.1, 0.15) is 0 Å². The molecule has 0 spiro atoms. The van der Waals surface area contributed by atoms with Gasteiger partial charge in [-0.25, -0.2) is 0 Å². The molecule has 4 heteroatoms. The minimum Gasteiger partial charge on any atom is -0.508 e. The summed E-state index contributed by atoms with van der Waals surface area (Å²) in [5, 5.41) is 11.4. The van der Waals surface area contributed by atoms with Crippen LogP contribution in [-0.2, 0) is 21.1 Å². The van der Waals surface area contributed by atoms with Crippen molar-refractivity contribution in [3.05, 3.63) is 29.2 Å². The van der Waals surface area contributed by atoms with Gasteiger partial charge >= 0.3 is 0 Å². The van der Waals surface area contributed by atoms with Gasteiger partial charge in [-0.05, 0) is 29.4 Å². The summed E-state index contributed by atoms with van der Waals surface area (Å²) in [5.41, 5.74) is 0.327. The van der Waals surface area contributed by atoms with E-state index in [4.69, 9.17) is 5.11 Å². The number of nitroso groups, excluding NO2 is 1. The molecule has 0 radical (unpaired) electrons. The number of benzene rings is 1. The second-order valence-corrected chi connectivity index (χ2v) is 1.61. The average molecular weight is 307 g/mol. The molecule has 1 rings (SSSR count). The van der Waals surface area contributed by atoms with Gasteiger partial charge in [-0.2, -0.15) is 0 Å². The molecule has 0 bridgehead atoms. The van der Waals surface area contributed by atoms with Crippen LogP contribution in [0, 0.1) is 4.91 Å². The Morgan fingerprint density at radius 2 is 1.70 bits per heavy atom. The first-order valence-electron chi connectivity index (χ1n) is 2.45. The van der Waals surface area contributed by atoms with Gasteiger partial charge in [-0.15, -0.1) is 4.91 Å². The van der Waals surface area contributed by atoms with Crippen LogP contribution in [0.5, 0.6) is 5.75 Å². The van der Waals surface area contributed by atoms with E-state index in [1.807, 2.05) is 0 Å². The fraction of sp³-hybridized carbons (Fsp3) is 0. The Kier molecular flexibility index (Phi) is 3.89. The van der Waals surface area contributed by atoms with E-state index in [2.05, 4.69) is 5.18 Å². The van der Waals surface area contributed by atoms with Crippen molar-refractivity contribution in [1.29, 1.82) is 0 Å². The van der Waals surface area contributed by atoms with Crippen molar-refractivity contribution in [2.45, 2.75) is 0 Å². The molecular weight excluding hydrogens is 302 g/mol. The summed E-state index contributed by atoms with van der Waals surface area (Å²) in [6.45, 7) is 0. The molecule has 0 saturated heterocycles. The molecule has 1 N–H and O–H groups in total. The van der Waals surface area contributed by atoms with E-state index in [1.165, 1.54) is 24.3 Å². The molecule has 3 nitrogen and oxygen atoms in total. The molecule has 0 amide bonds. The second-order valence-electron chi connectivity index (χ2n) is 1.61. The maximum atomic E-state index is 9.79. The zero-order valence-corrected chi connectivity index (χ0v) is 7.95. The molecule has 0 aliphatic heterocycles. The zero-order chi connectivity index (χ0) is 6.69. The summed E-state index contributed by atoms with van der Waals surface area (Å²) in [4.78, 5) is 9.79. The van der Waals surface area contributed by atoms with Gasteiger partial charge in [0.15, 0.2) is 0 Å². The normalized spacial score (nSPS) is 8.00. The molecule has 1 aromatic carbocycles. The molecule has 0 aromatic heterocycles. The largest absolute Gasteiger partial charge is 0.508 e. The fourth-order valence-electron chi connectivity index (χ4n) is 0.513. The number of aromatic hydroxyl groups is 1. The summed E-state index contributed by atoms with van der Waals surface area (Å²) in [7, 11) is 0. The van der Waals surface area contributed by atoms with Gasteiger partial charge < -0.3 is 5.11 Å². The van der Waals surface area contributed by atoms with Crippen LogP contribution in [0.15, 0.2) is 29.4 Å². The van der Waals surface area contributed by atoms with Crippen LogP contribution in [0.4, 0.5) is 5.69 Å². The number of hydrogen-bond donors (Lipinski definition) is 1. The van der Waals surface area contributed by atoms with Crippen LogP contribution in [0.3, 0.4) is 0 Å². The number of nitrogens with zero attached hydrogens (tertiary/aromatic N) is 1. The van der Waals surface area contributed by atoms with Crippen molar-refractivity contribution in [3.63, 3.8) is 0 Å². The van der Waals surface area contributed by atoms with Gasteiger partial charge in [0.05, 0.1) is 0 Å². The first-order valence-corrected chi connectivity index (χ1v) is 2.45. The predicted octanol–water partition coefficient (Wildman–Crippen LogP) is 1.79. The van der Waals surface area contributed by atoms with E-state index < -0.39 is 0 Å². The Bertz CT molecular complexity index is 209. The molecule has 0 saturated carbocycles.